The van der Waals surface area contributed by atoms with Gasteiger partial charge in [0.2, 0.25) is 0 Å². The van der Waals surface area contributed by atoms with E-state index >= 15 is 0 Å². The number of benzene rings is 4. The van der Waals surface area contributed by atoms with Crippen molar-refractivity contribution in [1.82, 2.24) is 0 Å². The number of nitrogen functional groups attached to an aromatic ring is 1. The van der Waals surface area contributed by atoms with Gasteiger partial charge in [-0.25, -0.2) is 0 Å². The summed E-state index contributed by atoms with van der Waals surface area (Å²) in [6.45, 7) is 0. The van der Waals surface area contributed by atoms with Gasteiger partial charge in [-0.1, -0.05) is 48.5 Å². The van der Waals surface area contributed by atoms with Crippen LogP contribution in [0, 0.1) is 10.1 Å². The fourth-order valence-electron chi connectivity index (χ4n) is 3.11. The van der Waals surface area contributed by atoms with Crippen LogP contribution < -0.4 is 5.73 Å². The van der Waals surface area contributed by atoms with Crippen LogP contribution in [0.2, 0.25) is 0 Å². The second-order valence-electron chi connectivity index (χ2n) is 5.30. The van der Waals surface area contributed by atoms with Crippen LogP contribution in [0.15, 0.2) is 60.7 Å². The van der Waals surface area contributed by atoms with E-state index in [4.69, 9.17) is 5.73 Å². The summed E-state index contributed by atoms with van der Waals surface area (Å²) >= 11 is 0. The Hall–Kier alpha value is -3.14. The first kappa shape index (κ1) is 12.6. The molecule has 4 nitrogen and oxygen atoms in total. The van der Waals surface area contributed by atoms with Crippen molar-refractivity contribution in [2.24, 2.45) is 0 Å². The summed E-state index contributed by atoms with van der Waals surface area (Å²) in [6.07, 6.45) is 0. The Bertz CT molecular complexity index is 1070. The molecule has 0 aromatic heterocycles. The van der Waals surface area contributed by atoms with E-state index in [1.807, 2.05) is 36.4 Å². The van der Waals surface area contributed by atoms with E-state index in [0.717, 1.165) is 26.9 Å². The first-order valence-electron chi connectivity index (χ1n) is 6.94. The van der Waals surface area contributed by atoms with Gasteiger partial charge < -0.3 is 5.73 Å². The van der Waals surface area contributed by atoms with Crippen LogP contribution in [0.5, 0.6) is 0 Å². The minimum atomic E-state index is -0.412. The topological polar surface area (TPSA) is 69.2 Å². The van der Waals surface area contributed by atoms with Crippen LogP contribution >= 0.6 is 0 Å². The number of nitrogens with two attached hydrogens (primary N) is 1. The highest BCUT2D eigenvalue weighted by Crippen LogP contribution is 2.37. The van der Waals surface area contributed by atoms with Gasteiger partial charge in [0, 0.05) is 0 Å². The van der Waals surface area contributed by atoms with Crippen LogP contribution in [0.1, 0.15) is 0 Å². The van der Waals surface area contributed by atoms with Crippen molar-refractivity contribution in [3.8, 4) is 0 Å². The number of nitro benzene ring substituents is 1. The molecular weight excluding hydrogens is 276 g/mol. The van der Waals surface area contributed by atoms with E-state index in [0.29, 0.717) is 5.39 Å². The third-order valence-corrected chi connectivity index (χ3v) is 4.11. The van der Waals surface area contributed by atoms with Crippen LogP contribution in [0.4, 0.5) is 11.4 Å². The summed E-state index contributed by atoms with van der Waals surface area (Å²) in [5, 5.41) is 17.1. The molecule has 0 aliphatic heterocycles. The Morgan fingerprint density at radius 1 is 0.727 bits per heavy atom. The summed E-state index contributed by atoms with van der Waals surface area (Å²) in [7, 11) is 0. The Morgan fingerprint density at radius 3 is 2.14 bits per heavy atom. The van der Waals surface area contributed by atoms with Gasteiger partial charge >= 0.3 is 0 Å². The average Bonchev–Trinajstić information content (AvgIpc) is 2.53. The molecule has 0 spiro atoms. The van der Waals surface area contributed by atoms with Crippen molar-refractivity contribution in [1.29, 1.82) is 0 Å². The Kier molecular flexibility index (Phi) is 2.53. The maximum Gasteiger partial charge on any atom is 0.299 e. The molecule has 0 atom stereocenters. The molecule has 0 aliphatic rings. The number of nitrogens with zero attached hydrogens (tertiary/aromatic N) is 1. The molecule has 0 fully saturated rings. The van der Waals surface area contributed by atoms with E-state index in [1.165, 1.54) is 0 Å². The lowest BCUT2D eigenvalue weighted by atomic mass is 9.96. The zero-order valence-corrected chi connectivity index (χ0v) is 11.6. The molecule has 0 amide bonds. The molecule has 2 N–H and O–H groups in total. The monoisotopic (exact) mass is 288 g/mol. The average molecular weight is 288 g/mol. The SMILES string of the molecule is Nc1ccc2c(ccc3c4ccccc4ccc23)c1[N+](=O)[O-]. The second kappa shape index (κ2) is 4.43. The molecule has 4 rings (SSSR count). The molecule has 22 heavy (non-hydrogen) atoms. The lowest BCUT2D eigenvalue weighted by Gasteiger charge is -2.08. The van der Waals surface area contributed by atoms with E-state index < -0.39 is 4.92 Å². The van der Waals surface area contributed by atoms with Crippen molar-refractivity contribution in [2.45, 2.75) is 0 Å². The van der Waals surface area contributed by atoms with E-state index in [1.54, 1.807) is 12.1 Å². The summed E-state index contributed by atoms with van der Waals surface area (Å²) < 4.78 is 0. The molecule has 0 bridgehead atoms. The second-order valence-corrected chi connectivity index (χ2v) is 5.30. The minimum absolute atomic E-state index is 0.0208. The third kappa shape index (κ3) is 1.64. The van der Waals surface area contributed by atoms with Crippen molar-refractivity contribution in [3.63, 3.8) is 0 Å². The fourth-order valence-corrected chi connectivity index (χ4v) is 3.11. The van der Waals surface area contributed by atoms with E-state index in [2.05, 4.69) is 12.1 Å². The van der Waals surface area contributed by atoms with Crippen molar-refractivity contribution in [2.75, 3.05) is 5.73 Å². The molecule has 0 saturated carbocycles. The third-order valence-electron chi connectivity index (χ3n) is 4.11. The number of hydrogen-bond acceptors (Lipinski definition) is 3. The highest BCUT2D eigenvalue weighted by molar-refractivity contribution is 6.19. The van der Waals surface area contributed by atoms with Crippen LogP contribution in [0.25, 0.3) is 32.3 Å². The van der Waals surface area contributed by atoms with Gasteiger partial charge in [0.1, 0.15) is 5.69 Å². The summed E-state index contributed by atoms with van der Waals surface area (Å²) in [6, 6.07) is 19.4. The number of anilines is 1. The van der Waals surface area contributed by atoms with E-state index in [-0.39, 0.29) is 11.4 Å². The van der Waals surface area contributed by atoms with Gasteiger partial charge in [-0.05, 0) is 39.1 Å². The first-order valence-corrected chi connectivity index (χ1v) is 6.94. The van der Waals surface area contributed by atoms with Crippen LogP contribution in [0.3, 0.4) is 0 Å². The number of hydrogen-bond donors (Lipinski definition) is 1. The molecule has 0 aliphatic carbocycles. The predicted molar refractivity (Wildman–Crippen MR) is 90.0 cm³/mol. The maximum absolute atomic E-state index is 11.3. The van der Waals surface area contributed by atoms with Gasteiger partial charge in [0.15, 0.2) is 0 Å². The van der Waals surface area contributed by atoms with Crippen LogP contribution in [-0.2, 0) is 0 Å². The highest BCUT2D eigenvalue weighted by Gasteiger charge is 2.17. The summed E-state index contributed by atoms with van der Waals surface area (Å²) in [5.74, 6) is 0. The van der Waals surface area contributed by atoms with Crippen LogP contribution in [-0.4, -0.2) is 4.92 Å². The lowest BCUT2D eigenvalue weighted by Crippen LogP contribution is -1.96. The first-order chi connectivity index (χ1) is 10.7. The van der Waals surface area contributed by atoms with Gasteiger partial charge in [0.05, 0.1) is 10.3 Å². The van der Waals surface area contributed by atoms with Crippen molar-refractivity contribution in [3.05, 3.63) is 70.8 Å². The zero-order valence-electron chi connectivity index (χ0n) is 11.6. The van der Waals surface area contributed by atoms with Crippen molar-refractivity contribution < 1.29 is 4.92 Å². The highest BCUT2D eigenvalue weighted by atomic mass is 16.6. The molecular formula is C18H12N2O2. The number of fused-ring (bicyclic) bond motifs is 5. The molecule has 4 aromatic carbocycles. The summed E-state index contributed by atoms with van der Waals surface area (Å²) in [4.78, 5) is 10.9. The van der Waals surface area contributed by atoms with Gasteiger partial charge in [0.25, 0.3) is 5.69 Å². The van der Waals surface area contributed by atoms with E-state index in [9.17, 15) is 10.1 Å². The van der Waals surface area contributed by atoms with Gasteiger partial charge in [-0.15, -0.1) is 0 Å². The molecule has 0 saturated heterocycles. The largest absolute Gasteiger partial charge is 0.393 e. The molecule has 106 valence electrons. The standard InChI is InChI=1S/C18H12N2O2/c19-17-10-9-15-14-6-5-11-3-1-2-4-12(11)13(14)7-8-16(15)18(17)20(21)22/h1-10H,19H2. The molecule has 0 heterocycles. The molecule has 4 aromatic rings. The Labute approximate surface area is 125 Å². The normalized spacial score (nSPS) is 11.3. The van der Waals surface area contributed by atoms with Gasteiger partial charge in [-0.2, -0.15) is 0 Å². The molecule has 0 unspecified atom stereocenters. The predicted octanol–water partition coefficient (Wildman–Crippen LogP) is 4.64. The lowest BCUT2D eigenvalue weighted by molar-refractivity contribution is -0.382. The Morgan fingerprint density at radius 2 is 1.32 bits per heavy atom. The molecule has 0 radical (unpaired) electrons. The molecule has 4 heteroatoms. The Balaban J connectivity index is 2.23. The number of rotatable bonds is 1. The quantitative estimate of drug-likeness (QED) is 0.240. The zero-order chi connectivity index (χ0) is 15.3. The smallest absolute Gasteiger partial charge is 0.299 e. The van der Waals surface area contributed by atoms with Gasteiger partial charge in [-0.3, -0.25) is 10.1 Å². The number of nitro groups is 1. The summed E-state index contributed by atoms with van der Waals surface area (Å²) in [5.41, 5.74) is 5.95. The fraction of sp³-hybridized carbons (Fsp3) is 0. The maximum atomic E-state index is 11.3. The van der Waals surface area contributed by atoms with Crippen molar-refractivity contribution >= 4 is 43.7 Å². The minimum Gasteiger partial charge on any atom is -0.393 e.